The van der Waals surface area contributed by atoms with E-state index in [1.807, 2.05) is 29.7 Å². The SMILES string of the molecule is CC(C)C1CCSC(=NCCc2cnn(C)c2)N1. The third-order valence-electron chi connectivity index (χ3n) is 3.20. The third kappa shape index (κ3) is 3.77. The minimum absolute atomic E-state index is 0.586. The summed E-state index contributed by atoms with van der Waals surface area (Å²) in [6.45, 7) is 5.37. The summed E-state index contributed by atoms with van der Waals surface area (Å²) < 4.78 is 1.84. The van der Waals surface area contributed by atoms with Gasteiger partial charge in [-0.15, -0.1) is 0 Å². The van der Waals surface area contributed by atoms with Gasteiger partial charge in [-0.2, -0.15) is 5.10 Å². The predicted molar refractivity (Wildman–Crippen MR) is 78.1 cm³/mol. The standard InChI is InChI=1S/C13H22N4S/c1-10(2)12-5-7-18-13(16-12)14-6-4-11-8-15-17(3)9-11/h8-10,12H,4-7H2,1-3H3,(H,14,16). The number of rotatable bonds is 4. The van der Waals surface area contributed by atoms with Crippen molar-refractivity contribution in [1.29, 1.82) is 0 Å². The van der Waals surface area contributed by atoms with Crippen LogP contribution in [-0.4, -0.2) is 33.3 Å². The van der Waals surface area contributed by atoms with Gasteiger partial charge in [0.05, 0.1) is 6.20 Å². The van der Waals surface area contributed by atoms with E-state index < -0.39 is 0 Å². The minimum Gasteiger partial charge on any atom is -0.362 e. The van der Waals surface area contributed by atoms with Crippen molar-refractivity contribution < 1.29 is 0 Å². The van der Waals surface area contributed by atoms with Crippen molar-refractivity contribution in [1.82, 2.24) is 15.1 Å². The van der Waals surface area contributed by atoms with Crippen LogP contribution in [0, 0.1) is 5.92 Å². The Morgan fingerprint density at radius 1 is 1.61 bits per heavy atom. The Hall–Kier alpha value is -0.970. The number of thioether (sulfide) groups is 1. The molecule has 1 fully saturated rings. The van der Waals surface area contributed by atoms with Crippen LogP contribution in [0.5, 0.6) is 0 Å². The van der Waals surface area contributed by atoms with Crippen molar-refractivity contribution in [2.45, 2.75) is 32.7 Å². The summed E-state index contributed by atoms with van der Waals surface area (Å²) in [6, 6.07) is 0.586. The zero-order chi connectivity index (χ0) is 13.0. The molecule has 1 saturated heterocycles. The fourth-order valence-electron chi connectivity index (χ4n) is 2.03. The first kappa shape index (κ1) is 13.5. The number of aromatic nitrogens is 2. The molecule has 1 aliphatic heterocycles. The first-order valence-corrected chi connectivity index (χ1v) is 7.55. The van der Waals surface area contributed by atoms with Gasteiger partial charge in [0.25, 0.3) is 0 Å². The number of nitrogens with zero attached hydrogens (tertiary/aromatic N) is 3. The van der Waals surface area contributed by atoms with Crippen molar-refractivity contribution in [3.05, 3.63) is 18.0 Å². The first-order chi connectivity index (χ1) is 8.65. The lowest BCUT2D eigenvalue weighted by atomic mass is 10.0. The molecule has 1 unspecified atom stereocenters. The van der Waals surface area contributed by atoms with E-state index in [2.05, 4.69) is 35.5 Å². The molecule has 4 nitrogen and oxygen atoms in total. The van der Waals surface area contributed by atoms with E-state index >= 15 is 0 Å². The van der Waals surface area contributed by atoms with E-state index in [0.717, 1.165) is 18.1 Å². The molecule has 0 saturated carbocycles. The number of hydrogen-bond donors (Lipinski definition) is 1. The second kappa shape index (κ2) is 6.27. The summed E-state index contributed by atoms with van der Waals surface area (Å²) in [5.74, 6) is 1.86. The van der Waals surface area contributed by atoms with Gasteiger partial charge in [0.1, 0.15) is 0 Å². The quantitative estimate of drug-likeness (QED) is 0.907. The molecule has 1 aromatic heterocycles. The molecule has 1 atom stereocenters. The molecule has 1 aromatic rings. The molecule has 0 radical (unpaired) electrons. The molecule has 2 heterocycles. The monoisotopic (exact) mass is 266 g/mol. The summed E-state index contributed by atoms with van der Waals surface area (Å²) in [5.41, 5.74) is 1.25. The number of nitrogens with one attached hydrogen (secondary N) is 1. The second-order valence-corrected chi connectivity index (χ2v) is 6.17. The van der Waals surface area contributed by atoms with E-state index in [-0.39, 0.29) is 0 Å². The van der Waals surface area contributed by atoms with Gasteiger partial charge in [-0.05, 0) is 24.3 Å². The highest BCUT2D eigenvalue weighted by molar-refractivity contribution is 8.13. The van der Waals surface area contributed by atoms with E-state index in [9.17, 15) is 0 Å². The fraction of sp³-hybridized carbons (Fsp3) is 0.692. The molecule has 0 aliphatic carbocycles. The van der Waals surface area contributed by atoms with E-state index in [0.29, 0.717) is 12.0 Å². The van der Waals surface area contributed by atoms with Crippen molar-refractivity contribution in [2.75, 3.05) is 12.3 Å². The van der Waals surface area contributed by atoms with Crippen molar-refractivity contribution in [3.63, 3.8) is 0 Å². The van der Waals surface area contributed by atoms with Crippen molar-refractivity contribution in [2.24, 2.45) is 18.0 Å². The Labute approximate surface area is 113 Å². The highest BCUT2D eigenvalue weighted by Gasteiger charge is 2.19. The van der Waals surface area contributed by atoms with Crippen LogP contribution < -0.4 is 5.32 Å². The van der Waals surface area contributed by atoms with Crippen LogP contribution >= 0.6 is 11.8 Å². The lowest BCUT2D eigenvalue weighted by Crippen LogP contribution is -2.41. The van der Waals surface area contributed by atoms with E-state index in [1.165, 1.54) is 17.7 Å². The van der Waals surface area contributed by atoms with Crippen LogP contribution in [0.4, 0.5) is 0 Å². The van der Waals surface area contributed by atoms with Crippen LogP contribution in [0.2, 0.25) is 0 Å². The third-order valence-corrected chi connectivity index (χ3v) is 4.16. The van der Waals surface area contributed by atoms with Gasteiger partial charge in [0, 0.05) is 31.6 Å². The molecule has 18 heavy (non-hydrogen) atoms. The van der Waals surface area contributed by atoms with E-state index in [4.69, 9.17) is 0 Å². The van der Waals surface area contributed by atoms with Crippen LogP contribution in [0.3, 0.4) is 0 Å². The van der Waals surface area contributed by atoms with Crippen LogP contribution in [-0.2, 0) is 13.5 Å². The number of amidine groups is 1. The Balaban J connectivity index is 1.82. The number of aryl methyl sites for hydroxylation is 1. The van der Waals surface area contributed by atoms with E-state index in [1.54, 1.807) is 0 Å². The van der Waals surface area contributed by atoms with Gasteiger partial charge in [0.15, 0.2) is 5.17 Å². The van der Waals surface area contributed by atoms with Crippen LogP contribution in [0.25, 0.3) is 0 Å². The van der Waals surface area contributed by atoms with Gasteiger partial charge in [0.2, 0.25) is 0 Å². The van der Waals surface area contributed by atoms with Gasteiger partial charge < -0.3 is 5.32 Å². The van der Waals surface area contributed by atoms with Crippen LogP contribution in [0.1, 0.15) is 25.8 Å². The summed E-state index contributed by atoms with van der Waals surface area (Å²) in [5, 5.41) is 8.82. The molecule has 2 rings (SSSR count). The highest BCUT2D eigenvalue weighted by atomic mass is 32.2. The molecule has 0 spiro atoms. The fourth-order valence-corrected chi connectivity index (χ4v) is 3.02. The first-order valence-electron chi connectivity index (χ1n) is 6.56. The zero-order valence-electron chi connectivity index (χ0n) is 11.4. The molecular formula is C13H22N4S. The summed E-state index contributed by atoms with van der Waals surface area (Å²) in [4.78, 5) is 4.65. The summed E-state index contributed by atoms with van der Waals surface area (Å²) in [7, 11) is 1.95. The molecule has 0 amide bonds. The number of aliphatic imine (C=N–C) groups is 1. The maximum Gasteiger partial charge on any atom is 0.156 e. The zero-order valence-corrected chi connectivity index (χ0v) is 12.2. The molecule has 100 valence electrons. The Bertz CT molecular complexity index is 411. The lowest BCUT2D eigenvalue weighted by molar-refractivity contribution is 0.442. The second-order valence-electron chi connectivity index (χ2n) is 5.09. The molecule has 0 bridgehead atoms. The molecule has 1 N–H and O–H groups in total. The molecule has 1 aliphatic rings. The topological polar surface area (TPSA) is 42.2 Å². The van der Waals surface area contributed by atoms with Gasteiger partial charge in [-0.3, -0.25) is 9.67 Å². The summed E-state index contributed by atoms with van der Waals surface area (Å²) >= 11 is 1.84. The maximum atomic E-state index is 4.65. The van der Waals surface area contributed by atoms with Gasteiger partial charge >= 0.3 is 0 Å². The molecular weight excluding hydrogens is 244 g/mol. The van der Waals surface area contributed by atoms with Crippen LogP contribution in [0.15, 0.2) is 17.4 Å². The van der Waals surface area contributed by atoms with Gasteiger partial charge in [-0.25, -0.2) is 0 Å². The Morgan fingerprint density at radius 3 is 3.11 bits per heavy atom. The lowest BCUT2D eigenvalue weighted by Gasteiger charge is -2.28. The van der Waals surface area contributed by atoms with Gasteiger partial charge in [-0.1, -0.05) is 25.6 Å². The number of hydrogen-bond acceptors (Lipinski definition) is 3. The Kier molecular flexibility index (Phi) is 4.69. The van der Waals surface area contributed by atoms with Crippen molar-refractivity contribution >= 4 is 16.9 Å². The largest absolute Gasteiger partial charge is 0.362 e. The minimum atomic E-state index is 0.586. The normalized spacial score (nSPS) is 22.4. The van der Waals surface area contributed by atoms with Crippen molar-refractivity contribution in [3.8, 4) is 0 Å². The molecule has 5 heteroatoms. The smallest absolute Gasteiger partial charge is 0.156 e. The average molecular weight is 266 g/mol. The average Bonchev–Trinajstić information content (AvgIpc) is 2.75. The maximum absolute atomic E-state index is 4.65. The summed E-state index contributed by atoms with van der Waals surface area (Å²) in [6.07, 6.45) is 6.17. The Morgan fingerprint density at radius 2 is 2.44 bits per heavy atom. The predicted octanol–water partition coefficient (Wildman–Crippen LogP) is 2.07. The molecule has 0 aromatic carbocycles. The highest BCUT2D eigenvalue weighted by Crippen LogP contribution is 2.18.